The summed E-state index contributed by atoms with van der Waals surface area (Å²) in [4.78, 5) is 30.0. The van der Waals surface area contributed by atoms with Crippen molar-refractivity contribution in [2.45, 2.75) is 35.3 Å². The number of aliphatic hydroxyl groups is 1. The van der Waals surface area contributed by atoms with Gasteiger partial charge in [-0.05, 0) is 59.7 Å². The molecule has 2 aliphatic rings. The third-order valence-corrected chi connectivity index (χ3v) is 7.84. The number of thioether (sulfide) groups is 1. The molecule has 40 heavy (non-hydrogen) atoms. The number of benzene rings is 3. The number of alkyl halides is 6. The largest absolute Gasteiger partial charge is 0.430 e. The van der Waals surface area contributed by atoms with E-state index >= 15 is 0 Å². The molecule has 0 saturated carbocycles. The Morgan fingerprint density at radius 2 is 1.55 bits per heavy atom. The van der Waals surface area contributed by atoms with Crippen molar-refractivity contribution in [3.8, 4) is 11.1 Å². The number of rotatable bonds is 4. The Bertz CT molecular complexity index is 1490. The molecule has 1 saturated heterocycles. The van der Waals surface area contributed by atoms with Gasteiger partial charge in [0.15, 0.2) is 0 Å². The number of amides is 3. The minimum Gasteiger partial charge on any atom is -0.369 e. The third kappa shape index (κ3) is 4.22. The van der Waals surface area contributed by atoms with Crippen molar-refractivity contribution in [1.29, 1.82) is 0 Å². The SMILES string of the molecule is CSc1ccc2c(c1)CCN1C(=O)N(c3ccc(-c4ccc(C(O)(C(F)(F)F)C(F)(F)F)cc4F)cc3)C(=O)C21. The van der Waals surface area contributed by atoms with Gasteiger partial charge >= 0.3 is 18.4 Å². The van der Waals surface area contributed by atoms with Crippen LogP contribution in [0.1, 0.15) is 22.7 Å². The van der Waals surface area contributed by atoms with Gasteiger partial charge < -0.3 is 10.0 Å². The Morgan fingerprint density at radius 3 is 2.12 bits per heavy atom. The number of halogens is 7. The maximum atomic E-state index is 14.8. The van der Waals surface area contributed by atoms with Crippen LogP contribution in [0.5, 0.6) is 0 Å². The van der Waals surface area contributed by atoms with Crippen molar-refractivity contribution < 1.29 is 45.4 Å². The van der Waals surface area contributed by atoms with Crippen molar-refractivity contribution in [2.75, 3.05) is 17.7 Å². The number of hydrogen-bond acceptors (Lipinski definition) is 4. The number of hydrogen-bond donors (Lipinski definition) is 1. The first-order valence-electron chi connectivity index (χ1n) is 11.8. The van der Waals surface area contributed by atoms with E-state index in [9.17, 15) is 45.4 Å². The standard InChI is InChI=1S/C27H19F7N2O3S/c1-40-18-7-9-20-15(12-18)10-11-35-22(20)23(37)36(24(35)38)17-5-2-14(3-6-17)19-8-4-16(13-21(19)28)25(39,26(29,30)31)27(32,33)34/h2-9,12-13,22,39H,10-11H2,1H3. The normalized spacial score (nSPS) is 17.8. The summed E-state index contributed by atoms with van der Waals surface area (Å²) in [5.74, 6) is -1.92. The van der Waals surface area contributed by atoms with Gasteiger partial charge in [0.2, 0.25) is 0 Å². The first-order chi connectivity index (χ1) is 18.7. The van der Waals surface area contributed by atoms with E-state index in [4.69, 9.17) is 0 Å². The zero-order valence-corrected chi connectivity index (χ0v) is 21.3. The average Bonchev–Trinajstić information content (AvgIpc) is 3.16. The topological polar surface area (TPSA) is 60.9 Å². The lowest BCUT2D eigenvalue weighted by atomic mass is 9.90. The second-order valence-corrected chi connectivity index (χ2v) is 10.2. The first-order valence-corrected chi connectivity index (χ1v) is 13.0. The molecule has 2 aliphatic heterocycles. The Labute approximate surface area is 227 Å². The summed E-state index contributed by atoms with van der Waals surface area (Å²) in [6.07, 6.45) is -9.81. The summed E-state index contributed by atoms with van der Waals surface area (Å²) in [5.41, 5.74) is -5.42. The predicted molar refractivity (Wildman–Crippen MR) is 132 cm³/mol. The van der Waals surface area contributed by atoms with Crippen LogP contribution < -0.4 is 4.90 Å². The molecule has 5 nitrogen and oxygen atoms in total. The van der Waals surface area contributed by atoms with Crippen LogP contribution in [-0.4, -0.2) is 47.1 Å². The lowest BCUT2D eigenvalue weighted by Gasteiger charge is -2.32. The number of carbonyl (C=O) groups is 2. The van der Waals surface area contributed by atoms with Gasteiger partial charge in [0.1, 0.15) is 11.9 Å². The molecule has 1 atom stereocenters. The zero-order valence-electron chi connectivity index (χ0n) is 20.5. The predicted octanol–water partition coefficient (Wildman–Crippen LogP) is 6.59. The molecular formula is C27H19F7N2O3S. The van der Waals surface area contributed by atoms with Gasteiger partial charge in [0.25, 0.3) is 11.5 Å². The Balaban J connectivity index is 1.44. The van der Waals surface area contributed by atoms with Crippen LogP contribution in [0.25, 0.3) is 11.1 Å². The number of imide groups is 1. The van der Waals surface area contributed by atoms with Crippen molar-refractivity contribution in [2.24, 2.45) is 0 Å². The van der Waals surface area contributed by atoms with Gasteiger partial charge in [0.05, 0.1) is 5.69 Å². The molecule has 3 amide bonds. The lowest BCUT2D eigenvalue weighted by molar-refractivity contribution is -0.376. The lowest BCUT2D eigenvalue weighted by Crippen LogP contribution is -2.53. The number of nitrogens with zero attached hydrogens (tertiary/aromatic N) is 2. The molecule has 13 heteroatoms. The second-order valence-electron chi connectivity index (χ2n) is 9.31. The molecule has 0 aromatic heterocycles. The van der Waals surface area contributed by atoms with E-state index in [-0.39, 0.29) is 22.9 Å². The van der Waals surface area contributed by atoms with E-state index in [1.165, 1.54) is 29.2 Å². The van der Waals surface area contributed by atoms with Crippen molar-refractivity contribution in [3.63, 3.8) is 0 Å². The highest BCUT2D eigenvalue weighted by Gasteiger charge is 2.71. The molecule has 1 fully saturated rings. The molecule has 3 aromatic carbocycles. The molecule has 1 unspecified atom stereocenters. The average molecular weight is 585 g/mol. The molecule has 0 spiro atoms. The minimum atomic E-state index is -6.15. The van der Waals surface area contributed by atoms with Crippen LogP contribution in [0.4, 0.5) is 41.2 Å². The van der Waals surface area contributed by atoms with Crippen LogP contribution in [0, 0.1) is 5.82 Å². The fourth-order valence-corrected chi connectivity index (χ4v) is 5.50. The number of carbonyl (C=O) groups excluding carboxylic acids is 2. The maximum Gasteiger partial charge on any atom is 0.430 e. The minimum absolute atomic E-state index is 0.0182. The van der Waals surface area contributed by atoms with Gasteiger partial charge in [0, 0.05) is 22.6 Å². The molecule has 0 bridgehead atoms. The van der Waals surface area contributed by atoms with E-state index in [0.29, 0.717) is 25.1 Å². The van der Waals surface area contributed by atoms with Crippen LogP contribution in [-0.2, 0) is 16.8 Å². The van der Waals surface area contributed by atoms with E-state index < -0.39 is 47.3 Å². The number of fused-ring (bicyclic) bond motifs is 3. The third-order valence-electron chi connectivity index (χ3n) is 7.11. The molecule has 3 aromatic rings. The highest BCUT2D eigenvalue weighted by Crippen LogP contribution is 2.50. The quantitative estimate of drug-likeness (QED) is 0.214. The highest BCUT2D eigenvalue weighted by atomic mass is 32.2. The molecule has 5 rings (SSSR count). The fourth-order valence-electron chi connectivity index (χ4n) is 5.04. The van der Waals surface area contributed by atoms with Gasteiger partial charge in [-0.1, -0.05) is 30.3 Å². The van der Waals surface area contributed by atoms with Crippen LogP contribution in [0.15, 0.2) is 65.6 Å². The van der Waals surface area contributed by atoms with Crippen LogP contribution >= 0.6 is 11.8 Å². The summed E-state index contributed by atoms with van der Waals surface area (Å²) in [5, 5.41) is 9.53. The Kier molecular flexibility index (Phi) is 6.65. The first kappa shape index (κ1) is 28.0. The summed E-state index contributed by atoms with van der Waals surface area (Å²) in [7, 11) is 0. The van der Waals surface area contributed by atoms with Crippen LogP contribution in [0.3, 0.4) is 0 Å². The van der Waals surface area contributed by atoms with E-state index in [2.05, 4.69) is 0 Å². The van der Waals surface area contributed by atoms with Crippen molar-refractivity contribution in [1.82, 2.24) is 4.90 Å². The van der Waals surface area contributed by atoms with E-state index in [0.717, 1.165) is 20.9 Å². The molecule has 0 aliphatic carbocycles. The van der Waals surface area contributed by atoms with Gasteiger partial charge in [-0.3, -0.25) is 4.79 Å². The van der Waals surface area contributed by atoms with Gasteiger partial charge in [-0.25, -0.2) is 14.1 Å². The van der Waals surface area contributed by atoms with Gasteiger partial charge in [-0.2, -0.15) is 26.3 Å². The number of anilines is 1. The van der Waals surface area contributed by atoms with Gasteiger partial charge in [-0.15, -0.1) is 11.8 Å². The maximum absolute atomic E-state index is 14.8. The smallest absolute Gasteiger partial charge is 0.369 e. The van der Waals surface area contributed by atoms with Crippen molar-refractivity contribution >= 4 is 29.4 Å². The Morgan fingerprint density at radius 1 is 0.900 bits per heavy atom. The second kappa shape index (κ2) is 9.51. The molecule has 210 valence electrons. The zero-order chi connectivity index (χ0) is 29.2. The number of urea groups is 1. The fraction of sp³-hybridized carbons (Fsp3) is 0.259. The summed E-state index contributed by atoms with van der Waals surface area (Å²) >= 11 is 1.56. The molecule has 0 radical (unpaired) electrons. The summed E-state index contributed by atoms with van der Waals surface area (Å²) < 4.78 is 93.8. The summed E-state index contributed by atoms with van der Waals surface area (Å²) in [6.45, 7) is 0.328. The highest BCUT2D eigenvalue weighted by molar-refractivity contribution is 7.98. The summed E-state index contributed by atoms with van der Waals surface area (Å²) in [6, 6.07) is 10.6. The van der Waals surface area contributed by atoms with Crippen LogP contribution in [0.2, 0.25) is 0 Å². The monoisotopic (exact) mass is 584 g/mol. The molecule has 2 heterocycles. The molecular weight excluding hydrogens is 565 g/mol. The van der Waals surface area contributed by atoms with E-state index in [1.54, 1.807) is 11.8 Å². The van der Waals surface area contributed by atoms with Crippen molar-refractivity contribution in [3.05, 3.63) is 83.2 Å². The van der Waals surface area contributed by atoms with E-state index in [1.807, 2.05) is 24.5 Å². The Hall–Kier alpha value is -3.58. The molecule has 1 N–H and O–H groups in total.